The van der Waals surface area contributed by atoms with Gasteiger partial charge in [-0.15, -0.1) is 0 Å². The van der Waals surface area contributed by atoms with E-state index in [1.807, 2.05) is 0 Å². The van der Waals surface area contributed by atoms with Gasteiger partial charge in [-0.25, -0.2) is 0 Å². The number of nitrogens with one attached hydrogen (secondary N) is 1. The number of benzene rings is 1. The third-order valence-corrected chi connectivity index (χ3v) is 4.37. The Balaban J connectivity index is 2.00. The summed E-state index contributed by atoms with van der Waals surface area (Å²) in [5.41, 5.74) is 0.705. The predicted molar refractivity (Wildman–Crippen MR) is 81.6 cm³/mol. The van der Waals surface area contributed by atoms with Crippen molar-refractivity contribution in [2.75, 3.05) is 0 Å². The van der Waals surface area contributed by atoms with Crippen molar-refractivity contribution in [3.8, 4) is 11.8 Å². The molecule has 1 aliphatic rings. The first kappa shape index (κ1) is 15.9. The summed E-state index contributed by atoms with van der Waals surface area (Å²) in [6.07, 6.45) is 1.23. The van der Waals surface area contributed by atoms with Crippen molar-refractivity contribution in [3.63, 3.8) is 0 Å². The molecule has 0 radical (unpaired) electrons. The fourth-order valence-electron chi connectivity index (χ4n) is 1.93. The zero-order valence-corrected chi connectivity index (χ0v) is 13.3. The molecule has 1 N–H and O–H groups in total. The zero-order chi connectivity index (χ0) is 15.6. The molecule has 0 aromatic heterocycles. The summed E-state index contributed by atoms with van der Waals surface area (Å²) in [6, 6.07) is 4.97. The van der Waals surface area contributed by atoms with E-state index >= 15 is 0 Å². The standard InChI is InChI=1S/C15H16Cl2N2O2/c1-8-11(16)5-6-13(14(8)17)21-9(2)15(20)19-12(7-18)10-3-4-10/h5-6,9-10,12H,3-4H2,1-2H3,(H,19,20). The van der Waals surface area contributed by atoms with Crippen LogP contribution in [0, 0.1) is 24.2 Å². The van der Waals surface area contributed by atoms with Gasteiger partial charge < -0.3 is 10.1 Å². The minimum Gasteiger partial charge on any atom is -0.479 e. The molecule has 0 heterocycles. The van der Waals surface area contributed by atoms with Crippen LogP contribution >= 0.6 is 23.2 Å². The Hall–Kier alpha value is -1.44. The van der Waals surface area contributed by atoms with Crippen LogP contribution in [0.5, 0.6) is 5.75 Å². The van der Waals surface area contributed by atoms with Gasteiger partial charge in [-0.05, 0) is 50.3 Å². The lowest BCUT2D eigenvalue weighted by Gasteiger charge is -2.18. The lowest BCUT2D eigenvalue weighted by molar-refractivity contribution is -0.127. The second-order valence-corrected chi connectivity index (χ2v) is 5.98. The Morgan fingerprint density at radius 1 is 1.48 bits per heavy atom. The molecule has 1 amide bonds. The fourth-order valence-corrected chi connectivity index (χ4v) is 2.34. The number of amides is 1. The van der Waals surface area contributed by atoms with Gasteiger partial charge in [0.05, 0.1) is 11.1 Å². The average Bonchev–Trinajstić information content (AvgIpc) is 3.29. The lowest BCUT2D eigenvalue weighted by atomic mass is 10.2. The molecule has 1 fully saturated rings. The van der Waals surface area contributed by atoms with Crippen LogP contribution in [0.2, 0.25) is 10.0 Å². The molecular weight excluding hydrogens is 311 g/mol. The molecule has 0 bridgehead atoms. The number of ether oxygens (including phenoxy) is 1. The van der Waals surface area contributed by atoms with Crippen LogP contribution in [0.25, 0.3) is 0 Å². The van der Waals surface area contributed by atoms with E-state index in [0.717, 1.165) is 12.8 Å². The third kappa shape index (κ3) is 3.81. The molecule has 1 aliphatic carbocycles. The SMILES string of the molecule is Cc1c(Cl)ccc(OC(C)C(=O)NC(C#N)C2CC2)c1Cl. The normalized spacial score (nSPS) is 16.7. The van der Waals surface area contributed by atoms with Crippen molar-refractivity contribution in [2.24, 2.45) is 5.92 Å². The molecule has 112 valence electrons. The number of nitrogens with zero attached hydrogens (tertiary/aromatic N) is 1. The summed E-state index contributed by atoms with van der Waals surface area (Å²) in [7, 11) is 0. The van der Waals surface area contributed by atoms with Gasteiger partial charge in [0.25, 0.3) is 5.91 Å². The molecule has 4 nitrogen and oxygen atoms in total. The van der Waals surface area contributed by atoms with E-state index < -0.39 is 12.1 Å². The smallest absolute Gasteiger partial charge is 0.261 e. The van der Waals surface area contributed by atoms with Crippen molar-refractivity contribution in [2.45, 2.75) is 38.8 Å². The zero-order valence-electron chi connectivity index (χ0n) is 11.8. The number of halogens is 2. The van der Waals surface area contributed by atoms with Gasteiger partial charge in [0.15, 0.2) is 6.10 Å². The molecule has 1 aromatic carbocycles. The van der Waals surface area contributed by atoms with Gasteiger partial charge in [0, 0.05) is 5.02 Å². The van der Waals surface area contributed by atoms with Gasteiger partial charge >= 0.3 is 0 Å². The van der Waals surface area contributed by atoms with Crippen molar-refractivity contribution < 1.29 is 9.53 Å². The molecule has 2 unspecified atom stereocenters. The Bertz CT molecular complexity index is 594. The highest BCUT2D eigenvalue weighted by Gasteiger charge is 2.33. The van der Waals surface area contributed by atoms with E-state index in [0.29, 0.717) is 21.4 Å². The number of nitriles is 1. The molecule has 0 spiro atoms. The van der Waals surface area contributed by atoms with E-state index in [2.05, 4.69) is 11.4 Å². The second-order valence-electron chi connectivity index (χ2n) is 5.20. The largest absolute Gasteiger partial charge is 0.479 e. The van der Waals surface area contributed by atoms with Crippen LogP contribution in [0.1, 0.15) is 25.3 Å². The van der Waals surface area contributed by atoms with Crippen LogP contribution in [-0.2, 0) is 4.79 Å². The number of carbonyl (C=O) groups is 1. The predicted octanol–water partition coefficient (Wildman–Crippen LogP) is 3.49. The average molecular weight is 327 g/mol. The van der Waals surface area contributed by atoms with E-state index in [1.54, 1.807) is 26.0 Å². The Labute approximate surface area is 134 Å². The van der Waals surface area contributed by atoms with Gasteiger partial charge in [0.2, 0.25) is 0 Å². The summed E-state index contributed by atoms with van der Waals surface area (Å²) in [5.74, 6) is 0.353. The molecule has 1 aromatic rings. The summed E-state index contributed by atoms with van der Waals surface area (Å²) in [5, 5.41) is 12.7. The molecule has 0 aliphatic heterocycles. The van der Waals surface area contributed by atoms with Crippen LogP contribution in [-0.4, -0.2) is 18.1 Å². The Kier molecular flexibility index (Phi) is 4.97. The number of rotatable bonds is 5. The summed E-state index contributed by atoms with van der Waals surface area (Å²) < 4.78 is 5.58. The maximum atomic E-state index is 12.1. The molecule has 1 saturated carbocycles. The highest BCUT2D eigenvalue weighted by molar-refractivity contribution is 6.36. The minimum atomic E-state index is -0.738. The topological polar surface area (TPSA) is 62.1 Å². The molecule has 0 saturated heterocycles. The Morgan fingerprint density at radius 2 is 2.14 bits per heavy atom. The van der Waals surface area contributed by atoms with Crippen LogP contribution in [0.15, 0.2) is 12.1 Å². The number of carbonyl (C=O) groups excluding carboxylic acids is 1. The van der Waals surface area contributed by atoms with E-state index in [4.69, 9.17) is 33.2 Å². The molecule has 2 atom stereocenters. The summed E-state index contributed by atoms with van der Waals surface area (Å²) >= 11 is 12.1. The first-order valence-corrected chi connectivity index (χ1v) is 7.51. The quantitative estimate of drug-likeness (QED) is 0.900. The maximum absolute atomic E-state index is 12.1. The third-order valence-electron chi connectivity index (χ3n) is 3.49. The van der Waals surface area contributed by atoms with Crippen LogP contribution in [0.3, 0.4) is 0 Å². The highest BCUT2D eigenvalue weighted by Crippen LogP contribution is 2.34. The molecule has 2 rings (SSSR count). The van der Waals surface area contributed by atoms with Gasteiger partial charge in [-0.1, -0.05) is 23.2 Å². The first-order chi connectivity index (χ1) is 9.93. The highest BCUT2D eigenvalue weighted by atomic mass is 35.5. The second kappa shape index (κ2) is 6.55. The molecule has 6 heteroatoms. The lowest BCUT2D eigenvalue weighted by Crippen LogP contribution is -2.42. The fraction of sp³-hybridized carbons (Fsp3) is 0.467. The number of hydrogen-bond donors (Lipinski definition) is 1. The summed E-state index contributed by atoms with van der Waals surface area (Å²) in [6.45, 7) is 3.40. The first-order valence-electron chi connectivity index (χ1n) is 6.75. The van der Waals surface area contributed by atoms with Crippen molar-refractivity contribution >= 4 is 29.1 Å². The van der Waals surface area contributed by atoms with Crippen molar-refractivity contribution in [1.82, 2.24) is 5.32 Å². The maximum Gasteiger partial charge on any atom is 0.261 e. The van der Waals surface area contributed by atoms with Gasteiger partial charge in [0.1, 0.15) is 11.8 Å². The van der Waals surface area contributed by atoms with Crippen molar-refractivity contribution in [3.05, 3.63) is 27.7 Å². The monoisotopic (exact) mass is 326 g/mol. The van der Waals surface area contributed by atoms with Crippen LogP contribution < -0.4 is 10.1 Å². The van der Waals surface area contributed by atoms with Crippen molar-refractivity contribution in [1.29, 1.82) is 5.26 Å². The van der Waals surface area contributed by atoms with E-state index in [1.165, 1.54) is 0 Å². The Morgan fingerprint density at radius 3 is 2.71 bits per heavy atom. The van der Waals surface area contributed by atoms with E-state index in [-0.39, 0.29) is 11.8 Å². The van der Waals surface area contributed by atoms with Crippen LogP contribution in [0.4, 0.5) is 0 Å². The van der Waals surface area contributed by atoms with Gasteiger partial charge in [-0.3, -0.25) is 4.79 Å². The molecule has 21 heavy (non-hydrogen) atoms. The molecular formula is C15H16Cl2N2O2. The van der Waals surface area contributed by atoms with E-state index in [9.17, 15) is 4.79 Å². The minimum absolute atomic E-state index is 0.271. The number of hydrogen-bond acceptors (Lipinski definition) is 3. The summed E-state index contributed by atoms with van der Waals surface area (Å²) in [4.78, 5) is 12.1. The van der Waals surface area contributed by atoms with Gasteiger partial charge in [-0.2, -0.15) is 5.26 Å².